The number of hydrogen-bond donors (Lipinski definition) is 1. The molecule has 1 atom stereocenters. The molecule has 1 fully saturated rings. The molecule has 1 amide bonds. The molecule has 1 saturated heterocycles. The lowest BCUT2D eigenvalue weighted by Crippen LogP contribution is -2.35. The molecule has 1 unspecified atom stereocenters. The van der Waals surface area contributed by atoms with Crippen LogP contribution >= 0.6 is 0 Å². The predicted molar refractivity (Wildman–Crippen MR) is 102 cm³/mol. The van der Waals surface area contributed by atoms with E-state index in [-0.39, 0.29) is 11.9 Å². The van der Waals surface area contributed by atoms with Crippen molar-refractivity contribution in [3.8, 4) is 11.5 Å². The lowest BCUT2D eigenvalue weighted by atomic mass is 10.1. The molecular formula is C21H29NOSi. The van der Waals surface area contributed by atoms with Crippen LogP contribution in [0.25, 0.3) is 0 Å². The lowest BCUT2D eigenvalue weighted by molar-refractivity contribution is -0.116. The molecule has 2 nitrogen and oxygen atoms in total. The molecule has 1 heterocycles. The molecular weight excluding hydrogens is 310 g/mol. The molecule has 3 rings (SSSR count). The van der Waals surface area contributed by atoms with Gasteiger partial charge < -0.3 is 5.32 Å². The number of amides is 1. The van der Waals surface area contributed by atoms with E-state index in [1.165, 1.54) is 61.4 Å². The van der Waals surface area contributed by atoms with Crippen molar-refractivity contribution < 1.29 is 4.79 Å². The number of rotatable bonds is 4. The zero-order chi connectivity index (χ0) is 16.8. The van der Waals surface area contributed by atoms with Crippen LogP contribution in [0, 0.1) is 11.5 Å². The Morgan fingerprint density at radius 2 is 2.04 bits per heavy atom. The van der Waals surface area contributed by atoms with Crippen molar-refractivity contribution in [1.82, 2.24) is 5.32 Å². The zero-order valence-corrected chi connectivity index (χ0v) is 15.9. The Bertz CT molecular complexity index is 637. The van der Waals surface area contributed by atoms with Gasteiger partial charge in [-0.2, -0.15) is 0 Å². The Labute approximate surface area is 147 Å². The van der Waals surface area contributed by atoms with E-state index in [1.54, 1.807) is 0 Å². The summed E-state index contributed by atoms with van der Waals surface area (Å²) in [6.07, 6.45) is 8.58. The summed E-state index contributed by atoms with van der Waals surface area (Å²) in [6.45, 7) is 2.25. The van der Waals surface area contributed by atoms with Gasteiger partial charge in [-0.1, -0.05) is 63.3 Å². The van der Waals surface area contributed by atoms with E-state index in [9.17, 15) is 4.79 Å². The summed E-state index contributed by atoms with van der Waals surface area (Å²) in [4.78, 5) is 12.4. The maximum Gasteiger partial charge on any atom is 0.295 e. The van der Waals surface area contributed by atoms with Gasteiger partial charge in [0.25, 0.3) is 5.91 Å². The Hall–Kier alpha value is -1.53. The van der Waals surface area contributed by atoms with Gasteiger partial charge in [-0.3, -0.25) is 4.79 Å². The van der Waals surface area contributed by atoms with Gasteiger partial charge in [0, 0.05) is 0 Å². The molecule has 0 aromatic heterocycles. The molecule has 0 bridgehead atoms. The Kier molecular flexibility index (Phi) is 5.79. The van der Waals surface area contributed by atoms with Crippen LogP contribution in [-0.2, 0) is 11.2 Å². The smallest absolute Gasteiger partial charge is 0.295 e. The van der Waals surface area contributed by atoms with E-state index < -0.39 is 8.07 Å². The van der Waals surface area contributed by atoms with Crippen LogP contribution in [0.3, 0.4) is 0 Å². The van der Waals surface area contributed by atoms with Crippen molar-refractivity contribution in [3.63, 3.8) is 0 Å². The van der Waals surface area contributed by atoms with Gasteiger partial charge in [0.05, 0.1) is 6.04 Å². The van der Waals surface area contributed by atoms with E-state index in [0.717, 1.165) is 12.8 Å². The lowest BCUT2D eigenvalue weighted by Gasteiger charge is -2.30. The molecule has 1 aliphatic carbocycles. The summed E-state index contributed by atoms with van der Waals surface area (Å²) in [5.41, 5.74) is 6.20. The van der Waals surface area contributed by atoms with Gasteiger partial charge in [0.2, 0.25) is 0 Å². The second-order valence-electron chi connectivity index (χ2n) is 7.46. The standard InChI is InChI=1S/C21H29NOSi/c1-2-3-14-24(15-7-4-8-16-24)17-13-21(23)22-20-12-11-18-9-5-6-10-19(18)20/h5-6,9-10,20H,2-4,7-8,11-12,14-16H2,1H3,(H,22,23). The van der Waals surface area contributed by atoms with Crippen molar-refractivity contribution in [1.29, 1.82) is 0 Å². The summed E-state index contributed by atoms with van der Waals surface area (Å²) < 4.78 is 0. The fraction of sp³-hybridized carbons (Fsp3) is 0.571. The van der Waals surface area contributed by atoms with Crippen LogP contribution in [0.5, 0.6) is 0 Å². The first-order valence-corrected chi connectivity index (χ1v) is 12.3. The van der Waals surface area contributed by atoms with Crippen molar-refractivity contribution in [3.05, 3.63) is 35.4 Å². The SMILES string of the molecule is CCCC[Si]1(C#CC(=O)NC2CCc3ccccc32)CCCCC1. The Morgan fingerprint density at radius 3 is 2.83 bits per heavy atom. The van der Waals surface area contributed by atoms with E-state index in [1.807, 2.05) is 0 Å². The minimum atomic E-state index is -1.52. The van der Waals surface area contributed by atoms with E-state index >= 15 is 0 Å². The monoisotopic (exact) mass is 339 g/mol. The molecule has 2 aliphatic rings. The summed E-state index contributed by atoms with van der Waals surface area (Å²) in [7, 11) is -1.52. The van der Waals surface area contributed by atoms with Gasteiger partial charge >= 0.3 is 0 Å². The van der Waals surface area contributed by atoms with E-state index in [2.05, 4.69) is 48.0 Å². The quantitative estimate of drug-likeness (QED) is 0.621. The number of unbranched alkanes of at least 4 members (excludes halogenated alkanes) is 1. The van der Waals surface area contributed by atoms with Crippen LogP contribution in [0.4, 0.5) is 0 Å². The zero-order valence-electron chi connectivity index (χ0n) is 14.9. The fourth-order valence-electron chi connectivity index (χ4n) is 4.27. The molecule has 1 aromatic rings. The van der Waals surface area contributed by atoms with Crippen LogP contribution in [0.15, 0.2) is 24.3 Å². The molecule has 1 aromatic carbocycles. The average molecular weight is 340 g/mol. The Morgan fingerprint density at radius 1 is 1.25 bits per heavy atom. The first kappa shape index (κ1) is 17.3. The second kappa shape index (κ2) is 8.03. The van der Waals surface area contributed by atoms with Crippen molar-refractivity contribution in [2.75, 3.05) is 0 Å². The second-order valence-corrected chi connectivity index (χ2v) is 11.8. The number of fused-ring (bicyclic) bond motifs is 1. The van der Waals surface area contributed by atoms with Crippen molar-refractivity contribution in [2.45, 2.75) is 76.0 Å². The topological polar surface area (TPSA) is 29.1 Å². The van der Waals surface area contributed by atoms with Crippen molar-refractivity contribution in [2.24, 2.45) is 0 Å². The molecule has 0 radical (unpaired) electrons. The molecule has 1 N–H and O–H groups in total. The number of carbonyl (C=O) groups excluding carboxylic acids is 1. The van der Waals surface area contributed by atoms with Gasteiger partial charge in [-0.15, -0.1) is 5.54 Å². The minimum Gasteiger partial charge on any atom is -0.338 e. The Balaban J connectivity index is 1.65. The minimum absolute atomic E-state index is 0.0642. The number of hydrogen-bond acceptors (Lipinski definition) is 1. The van der Waals surface area contributed by atoms with Crippen LogP contribution < -0.4 is 5.32 Å². The summed E-state index contributed by atoms with van der Waals surface area (Å²) >= 11 is 0. The summed E-state index contributed by atoms with van der Waals surface area (Å²) in [5, 5.41) is 3.16. The fourth-order valence-corrected chi connectivity index (χ4v) is 8.66. The van der Waals surface area contributed by atoms with Crippen LogP contribution in [-0.4, -0.2) is 14.0 Å². The highest BCUT2D eigenvalue weighted by atomic mass is 28.3. The summed E-state index contributed by atoms with van der Waals surface area (Å²) in [6, 6.07) is 12.5. The van der Waals surface area contributed by atoms with Crippen molar-refractivity contribution >= 4 is 14.0 Å². The molecule has 1 aliphatic heterocycles. The maximum atomic E-state index is 12.4. The van der Waals surface area contributed by atoms with Gasteiger partial charge in [-0.05, 0) is 48.0 Å². The summed E-state index contributed by atoms with van der Waals surface area (Å²) in [5.74, 6) is 2.96. The van der Waals surface area contributed by atoms with E-state index in [4.69, 9.17) is 0 Å². The first-order chi connectivity index (χ1) is 11.7. The third kappa shape index (κ3) is 4.11. The highest BCUT2D eigenvalue weighted by molar-refractivity contribution is 6.87. The van der Waals surface area contributed by atoms with Gasteiger partial charge in [-0.25, -0.2) is 0 Å². The molecule has 24 heavy (non-hydrogen) atoms. The molecule has 128 valence electrons. The highest BCUT2D eigenvalue weighted by Gasteiger charge is 2.32. The number of aryl methyl sites for hydroxylation is 1. The normalized spacial score (nSPS) is 21.5. The van der Waals surface area contributed by atoms with Crippen LogP contribution in [0.2, 0.25) is 18.1 Å². The average Bonchev–Trinajstić information content (AvgIpc) is 3.02. The number of nitrogens with one attached hydrogen (secondary N) is 1. The predicted octanol–water partition coefficient (Wildman–Crippen LogP) is 4.77. The highest BCUT2D eigenvalue weighted by Crippen LogP contribution is 2.33. The van der Waals surface area contributed by atoms with Gasteiger partial charge in [0.1, 0.15) is 8.07 Å². The third-order valence-electron chi connectivity index (χ3n) is 5.70. The third-order valence-corrected chi connectivity index (χ3v) is 10.3. The molecule has 0 saturated carbocycles. The molecule has 0 spiro atoms. The van der Waals surface area contributed by atoms with E-state index in [0.29, 0.717) is 0 Å². The van der Waals surface area contributed by atoms with Gasteiger partial charge in [0.15, 0.2) is 0 Å². The number of carbonyl (C=O) groups is 1. The van der Waals surface area contributed by atoms with Crippen LogP contribution in [0.1, 0.15) is 62.6 Å². The largest absolute Gasteiger partial charge is 0.338 e. The maximum absolute atomic E-state index is 12.4. The first-order valence-electron chi connectivity index (χ1n) is 9.64. The number of benzene rings is 1. The molecule has 3 heteroatoms.